The van der Waals surface area contributed by atoms with Crippen molar-refractivity contribution in [3.05, 3.63) is 35.7 Å². The second-order valence-corrected chi connectivity index (χ2v) is 7.37. The number of carbonyl (C=O) groups excluding carboxylic acids is 1. The van der Waals surface area contributed by atoms with Crippen molar-refractivity contribution < 1.29 is 9.32 Å². The molecule has 1 atom stereocenters. The van der Waals surface area contributed by atoms with E-state index in [2.05, 4.69) is 21.5 Å². The molecule has 1 aliphatic heterocycles. The van der Waals surface area contributed by atoms with Crippen LogP contribution in [0.5, 0.6) is 0 Å². The van der Waals surface area contributed by atoms with E-state index < -0.39 is 5.54 Å². The van der Waals surface area contributed by atoms with E-state index in [1.807, 2.05) is 6.07 Å². The summed E-state index contributed by atoms with van der Waals surface area (Å²) in [6.07, 6.45) is 2.87. The van der Waals surface area contributed by atoms with Crippen molar-refractivity contribution in [1.29, 1.82) is 5.26 Å². The molecule has 1 aromatic heterocycles. The number of hydrogen-bond acceptors (Lipinski definition) is 6. The quantitative estimate of drug-likeness (QED) is 0.920. The molecule has 122 valence electrons. The predicted molar refractivity (Wildman–Crippen MR) is 89.5 cm³/mol. The van der Waals surface area contributed by atoms with Crippen LogP contribution in [-0.2, 0) is 0 Å². The Kier molecular flexibility index (Phi) is 3.77. The lowest BCUT2D eigenvalue weighted by atomic mass is 10.00. The van der Waals surface area contributed by atoms with Crippen molar-refractivity contribution >= 4 is 17.7 Å². The molecule has 1 N–H and O–H groups in total. The van der Waals surface area contributed by atoms with Crippen LogP contribution in [0.2, 0.25) is 0 Å². The van der Waals surface area contributed by atoms with Gasteiger partial charge in [-0.1, -0.05) is 17.3 Å². The van der Waals surface area contributed by atoms with E-state index in [-0.39, 0.29) is 5.91 Å². The van der Waals surface area contributed by atoms with Crippen LogP contribution < -0.4 is 5.32 Å². The average Bonchev–Trinajstić information content (AvgIpc) is 3.16. The van der Waals surface area contributed by atoms with E-state index in [0.717, 1.165) is 24.2 Å². The molecule has 0 radical (unpaired) electrons. The van der Waals surface area contributed by atoms with Gasteiger partial charge in [-0.15, -0.1) is 0 Å². The summed E-state index contributed by atoms with van der Waals surface area (Å²) in [7, 11) is 0. The van der Waals surface area contributed by atoms with Crippen LogP contribution in [0.4, 0.5) is 0 Å². The number of nitriles is 1. The number of hydrogen-bond donors (Lipinski definition) is 1. The molecular formula is C17H16N4O2S. The fraction of sp³-hybridized carbons (Fsp3) is 0.412. The maximum absolute atomic E-state index is 12.5. The molecule has 2 aromatic rings. The minimum absolute atomic E-state index is 0.244. The third-order valence-corrected chi connectivity index (χ3v) is 5.53. The van der Waals surface area contributed by atoms with Gasteiger partial charge < -0.3 is 9.84 Å². The highest BCUT2D eigenvalue weighted by Crippen LogP contribution is 2.39. The van der Waals surface area contributed by atoms with Gasteiger partial charge in [-0.2, -0.15) is 22.0 Å². The number of nitrogens with one attached hydrogen (secondary N) is 1. The zero-order valence-electron chi connectivity index (χ0n) is 13.0. The molecule has 0 spiro atoms. The third-order valence-electron chi connectivity index (χ3n) is 4.34. The van der Waals surface area contributed by atoms with E-state index in [1.165, 1.54) is 0 Å². The number of carbonyl (C=O) groups is 1. The number of aromatic nitrogens is 2. The summed E-state index contributed by atoms with van der Waals surface area (Å²) >= 11 is 1.68. The molecule has 1 aliphatic carbocycles. The summed E-state index contributed by atoms with van der Waals surface area (Å²) in [5.41, 5.74) is 0.477. The minimum Gasteiger partial charge on any atom is -0.339 e. The van der Waals surface area contributed by atoms with E-state index in [4.69, 9.17) is 4.52 Å². The number of rotatable bonds is 4. The van der Waals surface area contributed by atoms with Crippen molar-refractivity contribution in [2.24, 2.45) is 0 Å². The molecule has 2 heterocycles. The van der Waals surface area contributed by atoms with Crippen LogP contribution in [0.1, 0.15) is 41.4 Å². The number of benzene rings is 1. The Morgan fingerprint density at radius 2 is 2.33 bits per heavy atom. The molecule has 1 amide bonds. The molecule has 24 heavy (non-hydrogen) atoms. The topological polar surface area (TPSA) is 91.8 Å². The normalized spacial score (nSPS) is 23.0. The lowest BCUT2D eigenvalue weighted by Crippen LogP contribution is -2.47. The van der Waals surface area contributed by atoms with E-state index >= 15 is 0 Å². The molecule has 7 heteroatoms. The van der Waals surface area contributed by atoms with Crippen LogP contribution in [-0.4, -0.2) is 33.1 Å². The van der Waals surface area contributed by atoms with Gasteiger partial charge in [0.1, 0.15) is 5.54 Å². The first-order chi connectivity index (χ1) is 11.7. The first-order valence-electron chi connectivity index (χ1n) is 7.95. The van der Waals surface area contributed by atoms with Gasteiger partial charge in [-0.25, -0.2) is 0 Å². The van der Waals surface area contributed by atoms with Gasteiger partial charge in [0.25, 0.3) is 5.91 Å². The summed E-state index contributed by atoms with van der Waals surface area (Å²) in [6, 6.07) is 9.37. The molecule has 1 saturated heterocycles. The van der Waals surface area contributed by atoms with Gasteiger partial charge in [0.05, 0.1) is 6.07 Å². The maximum Gasteiger partial charge on any atom is 0.252 e. The monoisotopic (exact) mass is 340 g/mol. The highest BCUT2D eigenvalue weighted by Gasteiger charge is 2.36. The van der Waals surface area contributed by atoms with Crippen LogP contribution in [0.15, 0.2) is 28.8 Å². The van der Waals surface area contributed by atoms with Crippen molar-refractivity contribution in [1.82, 2.24) is 15.5 Å². The lowest BCUT2D eigenvalue weighted by Gasteiger charge is -2.21. The molecular weight excluding hydrogens is 324 g/mol. The summed E-state index contributed by atoms with van der Waals surface area (Å²) in [6.45, 7) is 0. The molecule has 2 fully saturated rings. The van der Waals surface area contributed by atoms with Crippen molar-refractivity contribution in [2.75, 3.05) is 11.5 Å². The van der Waals surface area contributed by atoms with Crippen LogP contribution in [0.3, 0.4) is 0 Å². The van der Waals surface area contributed by atoms with Crippen molar-refractivity contribution in [2.45, 2.75) is 30.7 Å². The van der Waals surface area contributed by atoms with Crippen LogP contribution in [0, 0.1) is 11.3 Å². The summed E-state index contributed by atoms with van der Waals surface area (Å²) in [5.74, 6) is 2.84. The largest absolute Gasteiger partial charge is 0.339 e. The zero-order valence-corrected chi connectivity index (χ0v) is 13.8. The molecule has 0 bridgehead atoms. The van der Waals surface area contributed by atoms with Gasteiger partial charge >= 0.3 is 0 Å². The van der Waals surface area contributed by atoms with Crippen molar-refractivity contribution in [3.63, 3.8) is 0 Å². The Morgan fingerprint density at radius 1 is 1.46 bits per heavy atom. The molecule has 1 saturated carbocycles. The maximum atomic E-state index is 12.5. The fourth-order valence-corrected chi connectivity index (χ4v) is 3.98. The molecule has 4 rings (SSSR count). The van der Waals surface area contributed by atoms with Crippen molar-refractivity contribution in [3.8, 4) is 17.5 Å². The lowest BCUT2D eigenvalue weighted by molar-refractivity contribution is 0.0926. The Balaban J connectivity index is 1.55. The second kappa shape index (κ2) is 5.95. The third kappa shape index (κ3) is 2.89. The smallest absolute Gasteiger partial charge is 0.252 e. The van der Waals surface area contributed by atoms with Gasteiger partial charge in [0, 0.05) is 22.8 Å². The van der Waals surface area contributed by atoms with Gasteiger partial charge in [0.15, 0.2) is 0 Å². The summed E-state index contributed by atoms with van der Waals surface area (Å²) in [5, 5.41) is 16.3. The Hall–Kier alpha value is -2.33. The predicted octanol–water partition coefficient (Wildman–Crippen LogP) is 2.74. The second-order valence-electron chi connectivity index (χ2n) is 6.26. The first kappa shape index (κ1) is 15.2. The molecule has 1 aromatic carbocycles. The summed E-state index contributed by atoms with van der Waals surface area (Å²) in [4.78, 5) is 16.9. The van der Waals surface area contributed by atoms with Gasteiger partial charge in [-0.05, 0) is 37.1 Å². The van der Waals surface area contributed by atoms with Gasteiger partial charge in [-0.3, -0.25) is 4.79 Å². The van der Waals surface area contributed by atoms with Crippen LogP contribution >= 0.6 is 11.8 Å². The highest BCUT2D eigenvalue weighted by atomic mass is 32.2. The SMILES string of the molecule is N#CC1(NC(=O)c2cccc(-c3noc(C4CC4)n3)c2)CCSC1. The standard InChI is InChI=1S/C17H16N4O2S/c18-9-17(6-7-24-10-17)20-15(22)13-3-1-2-12(8-13)14-19-16(23-21-14)11-4-5-11/h1-3,8,11H,4-7,10H2,(H,20,22). The van der Waals surface area contributed by atoms with E-state index in [1.54, 1.807) is 30.0 Å². The highest BCUT2D eigenvalue weighted by molar-refractivity contribution is 7.99. The summed E-state index contributed by atoms with van der Waals surface area (Å²) < 4.78 is 5.28. The van der Waals surface area contributed by atoms with E-state index in [9.17, 15) is 10.1 Å². The van der Waals surface area contributed by atoms with Crippen LogP contribution in [0.25, 0.3) is 11.4 Å². The molecule has 6 nitrogen and oxygen atoms in total. The molecule has 2 aliphatic rings. The average molecular weight is 340 g/mol. The number of amides is 1. The van der Waals surface area contributed by atoms with Gasteiger partial charge in [0.2, 0.25) is 11.7 Å². The minimum atomic E-state index is -0.761. The fourth-order valence-electron chi connectivity index (χ4n) is 2.72. The Labute approximate surface area is 143 Å². The number of thioether (sulfide) groups is 1. The zero-order chi connectivity index (χ0) is 16.6. The first-order valence-corrected chi connectivity index (χ1v) is 9.10. The molecule has 1 unspecified atom stereocenters. The van der Waals surface area contributed by atoms with E-state index in [0.29, 0.717) is 35.4 Å². The number of nitrogens with zero attached hydrogens (tertiary/aromatic N) is 3. The Bertz CT molecular complexity index is 816. The Morgan fingerprint density at radius 3 is 3.04 bits per heavy atom.